The Morgan fingerprint density at radius 2 is 1.77 bits per heavy atom. The molecule has 0 aliphatic carbocycles. The highest BCUT2D eigenvalue weighted by Gasteiger charge is 2.28. The summed E-state index contributed by atoms with van der Waals surface area (Å²) in [5.74, 6) is 0.0158. The quantitative estimate of drug-likeness (QED) is 0.462. The minimum Gasteiger partial charge on any atom is -0.497 e. The first-order valence-corrected chi connectivity index (χ1v) is 11.2. The van der Waals surface area contributed by atoms with Gasteiger partial charge in [-0.2, -0.15) is 0 Å². The van der Waals surface area contributed by atoms with Crippen LogP contribution in [0.5, 0.6) is 11.5 Å². The third kappa shape index (κ3) is 5.67. The molecule has 1 atom stereocenters. The molecule has 0 unspecified atom stereocenters. The van der Waals surface area contributed by atoms with E-state index < -0.39 is 6.04 Å². The highest BCUT2D eigenvalue weighted by Crippen LogP contribution is 2.33. The highest BCUT2D eigenvalue weighted by atomic mass is 16.5. The second kappa shape index (κ2) is 10.8. The van der Waals surface area contributed by atoms with Crippen molar-refractivity contribution in [1.82, 2.24) is 5.32 Å². The first-order chi connectivity index (χ1) is 17.0. The van der Waals surface area contributed by atoms with E-state index in [9.17, 15) is 19.5 Å². The van der Waals surface area contributed by atoms with E-state index in [0.29, 0.717) is 34.7 Å². The summed E-state index contributed by atoms with van der Waals surface area (Å²) in [7, 11) is 1.54. The monoisotopic (exact) mass is 474 g/mol. The summed E-state index contributed by atoms with van der Waals surface area (Å²) in [6.07, 6.45) is 0.486. The number of ketones is 1. The topological polar surface area (TPSA) is 105 Å². The van der Waals surface area contributed by atoms with Crippen LogP contribution >= 0.6 is 0 Å². The number of rotatable bonds is 9. The van der Waals surface area contributed by atoms with Crippen molar-refractivity contribution in [2.24, 2.45) is 0 Å². The Kier molecular flexibility index (Phi) is 7.42. The van der Waals surface area contributed by atoms with E-state index in [1.54, 1.807) is 49.6 Å². The number of Topliss-reactive ketones (excluding diaryl/α,β-unsaturated/α-hetero) is 1. The molecular weight excluding hydrogens is 448 g/mol. The average molecular weight is 475 g/mol. The number of ether oxygens (including phenoxy) is 2. The van der Waals surface area contributed by atoms with Crippen LogP contribution in [0, 0.1) is 0 Å². The van der Waals surface area contributed by atoms with Gasteiger partial charge >= 0.3 is 0 Å². The molecule has 0 saturated heterocycles. The van der Waals surface area contributed by atoms with Crippen molar-refractivity contribution >= 4 is 23.3 Å². The van der Waals surface area contributed by atoms with Gasteiger partial charge in [-0.1, -0.05) is 30.3 Å². The van der Waals surface area contributed by atoms with Gasteiger partial charge in [0.25, 0.3) is 11.8 Å². The number of carbonyl (C=O) groups is 3. The van der Waals surface area contributed by atoms with Crippen molar-refractivity contribution < 1.29 is 29.0 Å². The van der Waals surface area contributed by atoms with Crippen LogP contribution in [0.2, 0.25) is 0 Å². The zero-order valence-electron chi connectivity index (χ0n) is 19.3. The van der Waals surface area contributed by atoms with Gasteiger partial charge in [0, 0.05) is 11.1 Å². The molecule has 2 amide bonds. The van der Waals surface area contributed by atoms with Crippen LogP contribution in [0.25, 0.3) is 0 Å². The summed E-state index contributed by atoms with van der Waals surface area (Å²) < 4.78 is 10.7. The number of amides is 2. The maximum atomic E-state index is 12.8. The largest absolute Gasteiger partial charge is 0.497 e. The fraction of sp³-hybridized carbons (Fsp3) is 0.222. The molecule has 1 heterocycles. The van der Waals surface area contributed by atoms with E-state index in [1.165, 1.54) is 4.90 Å². The molecule has 1 aliphatic heterocycles. The van der Waals surface area contributed by atoms with Gasteiger partial charge in [-0.15, -0.1) is 0 Å². The summed E-state index contributed by atoms with van der Waals surface area (Å²) in [5.41, 5.74) is 2.20. The second-order valence-electron chi connectivity index (χ2n) is 8.15. The molecule has 1 aliphatic rings. The van der Waals surface area contributed by atoms with Gasteiger partial charge in [0.15, 0.2) is 12.4 Å². The first-order valence-electron chi connectivity index (χ1n) is 11.2. The van der Waals surface area contributed by atoms with Crippen molar-refractivity contribution in [2.45, 2.75) is 12.5 Å². The van der Waals surface area contributed by atoms with E-state index in [0.717, 1.165) is 5.56 Å². The smallest absolute Gasteiger partial charge is 0.265 e. The maximum absolute atomic E-state index is 12.8. The molecule has 2 N–H and O–H groups in total. The lowest BCUT2D eigenvalue weighted by Gasteiger charge is -2.29. The van der Waals surface area contributed by atoms with Gasteiger partial charge in [0.05, 0.1) is 32.0 Å². The van der Waals surface area contributed by atoms with Crippen LogP contribution in [0.4, 0.5) is 5.69 Å². The summed E-state index contributed by atoms with van der Waals surface area (Å²) in [4.78, 5) is 39.5. The molecule has 0 spiro atoms. The number of hydrogen-bond acceptors (Lipinski definition) is 6. The summed E-state index contributed by atoms with van der Waals surface area (Å²) >= 11 is 0. The summed E-state index contributed by atoms with van der Waals surface area (Å²) in [6, 6.07) is 20.5. The molecule has 3 aromatic carbocycles. The standard InChI is InChI=1S/C27H26N2O6/c1-34-22-10-7-19(8-11-22)24(31)15-29-23-12-9-20(14-25(23)35-17-26(29)32)27(33)28-21(16-30)13-18-5-3-2-4-6-18/h2-12,14,21,30H,13,15-17H2,1H3,(H,28,33)/t21-/m0/s1. The lowest BCUT2D eigenvalue weighted by atomic mass is 10.1. The van der Waals surface area contributed by atoms with Crippen molar-refractivity contribution in [3.63, 3.8) is 0 Å². The minimum absolute atomic E-state index is 0.156. The Labute approximate surface area is 203 Å². The van der Waals surface area contributed by atoms with Crippen molar-refractivity contribution in [3.05, 3.63) is 89.5 Å². The van der Waals surface area contributed by atoms with Gasteiger partial charge in [0.2, 0.25) is 0 Å². The van der Waals surface area contributed by atoms with Gasteiger partial charge in [0.1, 0.15) is 11.5 Å². The Bertz CT molecular complexity index is 1210. The number of nitrogens with zero attached hydrogens (tertiary/aromatic N) is 1. The predicted octanol–water partition coefficient (Wildman–Crippen LogP) is 2.64. The van der Waals surface area contributed by atoms with Crippen LogP contribution in [0.1, 0.15) is 26.3 Å². The number of benzene rings is 3. The Morgan fingerprint density at radius 1 is 1.06 bits per heavy atom. The molecule has 35 heavy (non-hydrogen) atoms. The molecule has 0 fully saturated rings. The third-order valence-corrected chi connectivity index (χ3v) is 5.76. The Balaban J connectivity index is 1.47. The molecule has 0 radical (unpaired) electrons. The molecule has 0 aromatic heterocycles. The summed E-state index contributed by atoms with van der Waals surface area (Å²) in [5, 5.41) is 12.6. The first kappa shape index (κ1) is 24.0. The molecule has 0 bridgehead atoms. The van der Waals surface area contributed by atoms with Crippen molar-refractivity contribution in [1.29, 1.82) is 0 Å². The number of methoxy groups -OCH3 is 1. The van der Waals surface area contributed by atoms with Crippen molar-refractivity contribution in [2.75, 3.05) is 31.8 Å². The zero-order chi connectivity index (χ0) is 24.8. The normalized spacial score (nSPS) is 13.4. The average Bonchev–Trinajstić information content (AvgIpc) is 2.90. The number of fused-ring (bicyclic) bond motifs is 1. The number of aliphatic hydroxyl groups is 1. The van der Waals surface area contributed by atoms with E-state index >= 15 is 0 Å². The Morgan fingerprint density at radius 3 is 2.46 bits per heavy atom. The van der Waals surface area contributed by atoms with Crippen LogP contribution in [0.15, 0.2) is 72.8 Å². The van der Waals surface area contributed by atoms with E-state index in [1.807, 2.05) is 30.3 Å². The van der Waals surface area contributed by atoms with E-state index in [2.05, 4.69) is 5.32 Å². The molecule has 0 saturated carbocycles. The zero-order valence-corrected chi connectivity index (χ0v) is 19.3. The lowest BCUT2D eigenvalue weighted by Crippen LogP contribution is -2.42. The molecule has 8 nitrogen and oxygen atoms in total. The number of hydrogen-bond donors (Lipinski definition) is 2. The fourth-order valence-electron chi connectivity index (χ4n) is 3.86. The third-order valence-electron chi connectivity index (χ3n) is 5.76. The minimum atomic E-state index is -0.456. The molecule has 4 rings (SSSR count). The number of aliphatic hydroxyl groups excluding tert-OH is 1. The number of nitrogens with one attached hydrogen (secondary N) is 1. The maximum Gasteiger partial charge on any atom is 0.265 e. The number of carbonyl (C=O) groups excluding carboxylic acids is 3. The van der Waals surface area contributed by atoms with Crippen LogP contribution in [0.3, 0.4) is 0 Å². The van der Waals surface area contributed by atoms with Crippen LogP contribution in [-0.2, 0) is 11.2 Å². The SMILES string of the molecule is COc1ccc(C(=O)CN2C(=O)COc3cc(C(=O)N[C@H](CO)Cc4ccccc4)ccc32)cc1. The van der Waals surface area contributed by atoms with Gasteiger partial charge in [-0.05, 0) is 54.4 Å². The van der Waals surface area contributed by atoms with Crippen molar-refractivity contribution in [3.8, 4) is 11.5 Å². The molecule has 8 heteroatoms. The van der Waals surface area contributed by atoms with Gasteiger partial charge < -0.3 is 19.9 Å². The van der Waals surface area contributed by atoms with E-state index in [-0.39, 0.29) is 37.4 Å². The second-order valence-corrected chi connectivity index (χ2v) is 8.15. The molecular formula is C27H26N2O6. The number of anilines is 1. The van der Waals surface area contributed by atoms with E-state index in [4.69, 9.17) is 9.47 Å². The predicted molar refractivity (Wildman–Crippen MR) is 130 cm³/mol. The molecule has 3 aromatic rings. The van der Waals surface area contributed by atoms with Crippen LogP contribution in [-0.4, -0.2) is 55.6 Å². The fourth-order valence-corrected chi connectivity index (χ4v) is 3.86. The highest BCUT2D eigenvalue weighted by molar-refractivity contribution is 6.07. The summed E-state index contributed by atoms with van der Waals surface area (Å²) in [6.45, 7) is -0.601. The lowest BCUT2D eigenvalue weighted by molar-refractivity contribution is -0.121. The van der Waals surface area contributed by atoms with Gasteiger partial charge in [-0.3, -0.25) is 19.3 Å². The van der Waals surface area contributed by atoms with Gasteiger partial charge in [-0.25, -0.2) is 0 Å². The Hall–Kier alpha value is -4.17. The molecule has 180 valence electrons. The van der Waals surface area contributed by atoms with Crippen LogP contribution < -0.4 is 19.7 Å².